The summed E-state index contributed by atoms with van der Waals surface area (Å²) in [5, 5.41) is 22.1. The molecule has 28 heavy (non-hydrogen) atoms. The van der Waals surface area contributed by atoms with Gasteiger partial charge in [-0.3, -0.25) is 0 Å². The van der Waals surface area contributed by atoms with Gasteiger partial charge in [0.05, 0.1) is 29.5 Å². The second-order valence-electron chi connectivity index (χ2n) is 5.72. The van der Waals surface area contributed by atoms with E-state index in [4.69, 9.17) is 9.47 Å². The van der Waals surface area contributed by atoms with Crippen LogP contribution in [0.4, 0.5) is 0 Å². The van der Waals surface area contributed by atoms with Crippen molar-refractivity contribution in [3.05, 3.63) is 56.8 Å². The standard InChI is InChI=1S/C21H17BrN2O3S/c1-3-27-16-6-4-14(5-7-16)18-12-28-21(24-18)15(11-23)8-13-9-17(22)20(25)19(10-13)26-2/h4-10,12,25H,3H2,1-2H3. The first-order valence-electron chi connectivity index (χ1n) is 8.43. The third-order valence-electron chi connectivity index (χ3n) is 3.90. The summed E-state index contributed by atoms with van der Waals surface area (Å²) < 4.78 is 11.1. The number of hydrogen-bond donors (Lipinski definition) is 1. The van der Waals surface area contributed by atoms with Crippen LogP contribution in [0.25, 0.3) is 22.9 Å². The van der Waals surface area contributed by atoms with Gasteiger partial charge in [-0.25, -0.2) is 4.98 Å². The number of phenols is 1. The molecular formula is C21H17BrN2O3S. The Labute approximate surface area is 175 Å². The molecule has 3 aromatic rings. The van der Waals surface area contributed by atoms with Gasteiger partial charge in [-0.2, -0.15) is 5.26 Å². The van der Waals surface area contributed by atoms with Gasteiger partial charge in [-0.1, -0.05) is 0 Å². The summed E-state index contributed by atoms with van der Waals surface area (Å²) in [7, 11) is 1.48. The fourth-order valence-electron chi connectivity index (χ4n) is 2.56. The average Bonchev–Trinajstić information content (AvgIpc) is 3.19. The summed E-state index contributed by atoms with van der Waals surface area (Å²) in [4.78, 5) is 4.60. The number of nitriles is 1. The van der Waals surface area contributed by atoms with Crippen LogP contribution in [0.1, 0.15) is 17.5 Å². The Bertz CT molecular complexity index is 1050. The molecule has 5 nitrogen and oxygen atoms in total. The highest BCUT2D eigenvalue weighted by Crippen LogP contribution is 2.36. The lowest BCUT2D eigenvalue weighted by molar-refractivity contribution is 0.340. The summed E-state index contributed by atoms with van der Waals surface area (Å²) in [5.41, 5.74) is 2.91. The fourth-order valence-corrected chi connectivity index (χ4v) is 3.81. The highest BCUT2D eigenvalue weighted by Gasteiger charge is 2.12. The molecule has 1 aromatic heterocycles. The van der Waals surface area contributed by atoms with Crippen LogP contribution in [0.2, 0.25) is 0 Å². The normalized spacial score (nSPS) is 11.1. The third-order valence-corrected chi connectivity index (χ3v) is 5.38. The Morgan fingerprint density at radius 1 is 1.32 bits per heavy atom. The number of halogens is 1. The Kier molecular flexibility index (Phi) is 6.34. The molecule has 0 atom stereocenters. The highest BCUT2D eigenvalue weighted by molar-refractivity contribution is 9.10. The molecule has 0 fully saturated rings. The molecule has 1 N–H and O–H groups in total. The molecule has 0 aliphatic rings. The lowest BCUT2D eigenvalue weighted by Crippen LogP contribution is -1.90. The van der Waals surface area contributed by atoms with Crippen LogP contribution in [0.3, 0.4) is 0 Å². The van der Waals surface area contributed by atoms with Crippen molar-refractivity contribution in [1.82, 2.24) is 4.98 Å². The van der Waals surface area contributed by atoms with E-state index in [-0.39, 0.29) is 5.75 Å². The molecule has 0 radical (unpaired) electrons. The van der Waals surface area contributed by atoms with Crippen molar-refractivity contribution in [2.45, 2.75) is 6.92 Å². The van der Waals surface area contributed by atoms with Crippen molar-refractivity contribution in [3.8, 4) is 34.6 Å². The maximum absolute atomic E-state index is 9.94. The topological polar surface area (TPSA) is 75.4 Å². The molecule has 0 amide bonds. The van der Waals surface area contributed by atoms with Crippen LogP contribution in [0.15, 0.2) is 46.3 Å². The Balaban J connectivity index is 1.91. The largest absolute Gasteiger partial charge is 0.503 e. The van der Waals surface area contributed by atoms with E-state index in [2.05, 4.69) is 27.0 Å². The van der Waals surface area contributed by atoms with E-state index in [1.807, 2.05) is 36.6 Å². The van der Waals surface area contributed by atoms with Crippen LogP contribution in [0, 0.1) is 11.3 Å². The van der Waals surface area contributed by atoms with Crippen LogP contribution >= 0.6 is 27.3 Å². The number of ether oxygens (including phenoxy) is 2. The number of thiazole rings is 1. The highest BCUT2D eigenvalue weighted by atomic mass is 79.9. The number of allylic oxidation sites excluding steroid dienone is 1. The molecular weight excluding hydrogens is 440 g/mol. The zero-order chi connectivity index (χ0) is 20.1. The smallest absolute Gasteiger partial charge is 0.172 e. The number of hydrogen-bond acceptors (Lipinski definition) is 6. The van der Waals surface area contributed by atoms with Gasteiger partial charge in [-0.15, -0.1) is 11.3 Å². The molecule has 2 aromatic carbocycles. The zero-order valence-electron chi connectivity index (χ0n) is 15.3. The molecule has 0 saturated carbocycles. The minimum Gasteiger partial charge on any atom is -0.503 e. The number of aromatic nitrogens is 1. The monoisotopic (exact) mass is 456 g/mol. The first-order chi connectivity index (χ1) is 13.5. The van der Waals surface area contributed by atoms with Crippen LogP contribution < -0.4 is 9.47 Å². The van der Waals surface area contributed by atoms with Gasteiger partial charge in [0, 0.05) is 10.9 Å². The predicted octanol–water partition coefficient (Wildman–Crippen LogP) is 5.75. The average molecular weight is 457 g/mol. The minimum atomic E-state index is 0.0187. The summed E-state index contributed by atoms with van der Waals surface area (Å²) in [6.45, 7) is 2.56. The first-order valence-corrected chi connectivity index (χ1v) is 10.1. The number of phenolic OH excluding ortho intramolecular Hbond substituents is 1. The van der Waals surface area contributed by atoms with Gasteiger partial charge in [0.25, 0.3) is 0 Å². The Morgan fingerprint density at radius 3 is 2.71 bits per heavy atom. The summed E-state index contributed by atoms with van der Waals surface area (Å²) >= 11 is 4.69. The summed E-state index contributed by atoms with van der Waals surface area (Å²) in [5.74, 6) is 1.16. The molecule has 142 valence electrons. The maximum atomic E-state index is 9.94. The van der Waals surface area contributed by atoms with Crippen LogP contribution in [-0.4, -0.2) is 23.8 Å². The van der Waals surface area contributed by atoms with E-state index in [1.165, 1.54) is 18.4 Å². The van der Waals surface area contributed by atoms with Crippen molar-refractivity contribution in [2.24, 2.45) is 0 Å². The number of aromatic hydroxyl groups is 1. The van der Waals surface area contributed by atoms with Crippen molar-refractivity contribution < 1.29 is 14.6 Å². The summed E-state index contributed by atoms with van der Waals surface area (Å²) in [6.07, 6.45) is 1.72. The second kappa shape index (κ2) is 8.91. The molecule has 0 bridgehead atoms. The molecule has 0 saturated heterocycles. The SMILES string of the molecule is CCOc1ccc(-c2csc(C(C#N)=Cc3cc(Br)c(O)c(OC)c3)n2)cc1. The molecule has 3 rings (SSSR count). The van der Waals surface area contributed by atoms with Gasteiger partial charge in [0.2, 0.25) is 0 Å². The van der Waals surface area contributed by atoms with Crippen molar-refractivity contribution in [1.29, 1.82) is 5.26 Å². The van der Waals surface area contributed by atoms with Gasteiger partial charge in [0.15, 0.2) is 11.5 Å². The molecule has 0 unspecified atom stereocenters. The maximum Gasteiger partial charge on any atom is 0.172 e. The van der Waals surface area contributed by atoms with E-state index in [1.54, 1.807) is 18.2 Å². The van der Waals surface area contributed by atoms with E-state index in [9.17, 15) is 10.4 Å². The third kappa shape index (κ3) is 4.35. The van der Waals surface area contributed by atoms with E-state index < -0.39 is 0 Å². The molecule has 1 heterocycles. The van der Waals surface area contributed by atoms with E-state index in [0.29, 0.717) is 27.4 Å². The van der Waals surface area contributed by atoms with Crippen molar-refractivity contribution >= 4 is 38.9 Å². The molecule has 7 heteroatoms. The quantitative estimate of drug-likeness (QED) is 0.477. The number of methoxy groups -OCH3 is 1. The van der Waals surface area contributed by atoms with Gasteiger partial charge < -0.3 is 14.6 Å². The zero-order valence-corrected chi connectivity index (χ0v) is 17.7. The van der Waals surface area contributed by atoms with Crippen LogP contribution in [0.5, 0.6) is 17.2 Å². The van der Waals surface area contributed by atoms with Gasteiger partial charge in [0.1, 0.15) is 16.8 Å². The van der Waals surface area contributed by atoms with Crippen molar-refractivity contribution in [3.63, 3.8) is 0 Å². The number of nitrogens with zero attached hydrogens (tertiary/aromatic N) is 2. The van der Waals surface area contributed by atoms with Crippen LogP contribution in [-0.2, 0) is 0 Å². The van der Waals surface area contributed by atoms with E-state index >= 15 is 0 Å². The minimum absolute atomic E-state index is 0.0187. The number of benzene rings is 2. The van der Waals surface area contributed by atoms with E-state index in [0.717, 1.165) is 22.6 Å². The lowest BCUT2D eigenvalue weighted by Gasteiger charge is -2.06. The predicted molar refractivity (Wildman–Crippen MR) is 115 cm³/mol. The molecule has 0 aliphatic carbocycles. The Hall–Kier alpha value is -2.82. The first kappa shape index (κ1) is 19.9. The lowest BCUT2D eigenvalue weighted by atomic mass is 10.1. The van der Waals surface area contributed by atoms with Gasteiger partial charge >= 0.3 is 0 Å². The van der Waals surface area contributed by atoms with Crippen molar-refractivity contribution in [2.75, 3.05) is 13.7 Å². The second-order valence-corrected chi connectivity index (χ2v) is 7.43. The number of rotatable bonds is 6. The molecule has 0 aliphatic heterocycles. The molecule has 0 spiro atoms. The van der Waals surface area contributed by atoms with Gasteiger partial charge in [-0.05, 0) is 70.9 Å². The fraction of sp³-hybridized carbons (Fsp3) is 0.143. The Morgan fingerprint density at radius 2 is 2.07 bits per heavy atom. The summed E-state index contributed by atoms with van der Waals surface area (Å²) in [6, 6.07) is 13.3.